The minimum absolute atomic E-state index is 0.254. The molecular formula is C24H34BrN5O4. The molecule has 2 amide bonds. The minimum Gasteiger partial charge on any atom is -0.445 e. The molecule has 10 heteroatoms. The highest BCUT2D eigenvalue weighted by Gasteiger charge is 2.27. The maximum absolute atomic E-state index is 12.6. The first-order chi connectivity index (χ1) is 16.0. The number of hydrogen-bond donors (Lipinski definition) is 0. The zero-order valence-electron chi connectivity index (χ0n) is 20.6. The van der Waals surface area contributed by atoms with Crippen molar-refractivity contribution < 1.29 is 19.1 Å². The Hall–Kier alpha value is -2.59. The van der Waals surface area contributed by atoms with Gasteiger partial charge in [-0.1, -0.05) is 30.3 Å². The summed E-state index contributed by atoms with van der Waals surface area (Å²) in [5.74, 6) is 0. The van der Waals surface area contributed by atoms with Crippen molar-refractivity contribution in [3.05, 3.63) is 51.8 Å². The highest BCUT2D eigenvalue weighted by molar-refractivity contribution is 9.10. The molecular weight excluding hydrogens is 502 g/mol. The average molecular weight is 536 g/mol. The number of halogens is 1. The Morgan fingerprint density at radius 1 is 1.12 bits per heavy atom. The smallest absolute Gasteiger partial charge is 0.410 e. The van der Waals surface area contributed by atoms with Gasteiger partial charge in [0, 0.05) is 33.2 Å². The summed E-state index contributed by atoms with van der Waals surface area (Å²) in [5, 5.41) is 4.73. The van der Waals surface area contributed by atoms with Crippen molar-refractivity contribution in [2.75, 3.05) is 33.7 Å². The summed E-state index contributed by atoms with van der Waals surface area (Å²) in [5.41, 5.74) is 2.30. The topological polar surface area (TPSA) is 80.1 Å². The first-order valence-corrected chi connectivity index (χ1v) is 12.1. The Balaban J connectivity index is 1.51. The van der Waals surface area contributed by atoms with Crippen LogP contribution in [0.1, 0.15) is 37.7 Å². The van der Waals surface area contributed by atoms with E-state index in [1.165, 1.54) is 0 Å². The van der Waals surface area contributed by atoms with Crippen molar-refractivity contribution >= 4 is 28.1 Å². The second-order valence-electron chi connectivity index (χ2n) is 9.53. The lowest BCUT2D eigenvalue weighted by atomic mass is 10.2. The van der Waals surface area contributed by atoms with Crippen LogP contribution in [-0.2, 0) is 35.7 Å². The number of benzene rings is 1. The number of likely N-dealkylation sites (N-methyl/N-ethyl adjacent to an activating group) is 2. The molecule has 1 aromatic heterocycles. The van der Waals surface area contributed by atoms with Crippen molar-refractivity contribution in [3.8, 4) is 0 Å². The molecule has 0 saturated carbocycles. The van der Waals surface area contributed by atoms with Gasteiger partial charge in [-0.15, -0.1) is 0 Å². The third-order valence-electron chi connectivity index (χ3n) is 5.39. The molecule has 0 radical (unpaired) electrons. The molecule has 1 aliphatic rings. The van der Waals surface area contributed by atoms with E-state index in [0.29, 0.717) is 39.3 Å². The first-order valence-electron chi connectivity index (χ1n) is 11.4. The van der Waals surface area contributed by atoms with E-state index in [1.54, 1.807) is 16.8 Å². The lowest BCUT2D eigenvalue weighted by Gasteiger charge is -2.27. The van der Waals surface area contributed by atoms with E-state index < -0.39 is 5.60 Å². The van der Waals surface area contributed by atoms with Crippen molar-refractivity contribution in [2.24, 2.45) is 0 Å². The zero-order chi connectivity index (χ0) is 24.9. The molecule has 186 valence electrons. The average Bonchev–Trinajstić information content (AvgIpc) is 3.09. The Kier molecular flexibility index (Phi) is 8.59. The van der Waals surface area contributed by atoms with Crippen LogP contribution in [0.4, 0.5) is 9.59 Å². The van der Waals surface area contributed by atoms with Gasteiger partial charge in [-0.3, -0.25) is 9.58 Å². The van der Waals surface area contributed by atoms with Crippen molar-refractivity contribution in [1.29, 1.82) is 0 Å². The maximum atomic E-state index is 12.6. The van der Waals surface area contributed by atoms with E-state index >= 15 is 0 Å². The van der Waals surface area contributed by atoms with Crippen LogP contribution in [0.15, 0.2) is 34.8 Å². The molecule has 0 aliphatic carbocycles. The SMILES string of the molecule is CN(CCN(C)C(=O)OC(C)(C)C)Cc1nn2c(c1Br)CN(C(=O)OCc1ccccc1)CC2. The molecule has 1 aromatic carbocycles. The fraction of sp³-hybridized carbons (Fsp3) is 0.542. The summed E-state index contributed by atoms with van der Waals surface area (Å²) in [4.78, 5) is 30.1. The molecule has 0 N–H and O–H groups in total. The Labute approximate surface area is 209 Å². The zero-order valence-corrected chi connectivity index (χ0v) is 22.2. The summed E-state index contributed by atoms with van der Waals surface area (Å²) >= 11 is 3.68. The second kappa shape index (κ2) is 11.2. The van der Waals surface area contributed by atoms with Gasteiger partial charge in [-0.25, -0.2) is 9.59 Å². The van der Waals surface area contributed by atoms with Gasteiger partial charge >= 0.3 is 12.2 Å². The first kappa shape index (κ1) is 26.0. The van der Waals surface area contributed by atoms with E-state index in [2.05, 4.69) is 20.8 Å². The largest absolute Gasteiger partial charge is 0.445 e. The normalized spacial score (nSPS) is 13.6. The van der Waals surface area contributed by atoms with Gasteiger partial charge < -0.3 is 19.3 Å². The molecule has 1 aliphatic heterocycles. The summed E-state index contributed by atoms with van der Waals surface area (Å²) in [6.07, 6.45) is -0.661. The number of fused-ring (bicyclic) bond motifs is 1. The van der Waals surface area contributed by atoms with Gasteiger partial charge in [0.1, 0.15) is 12.2 Å². The number of carbonyl (C=O) groups excluding carboxylic acids is 2. The van der Waals surface area contributed by atoms with Crippen LogP contribution >= 0.6 is 15.9 Å². The van der Waals surface area contributed by atoms with E-state index in [-0.39, 0.29) is 18.8 Å². The molecule has 0 saturated heterocycles. The monoisotopic (exact) mass is 535 g/mol. The minimum atomic E-state index is -0.514. The third kappa shape index (κ3) is 7.20. The fourth-order valence-corrected chi connectivity index (χ4v) is 4.03. The predicted octanol–water partition coefficient (Wildman–Crippen LogP) is 4.10. The van der Waals surface area contributed by atoms with Gasteiger partial charge in [0.2, 0.25) is 0 Å². The van der Waals surface area contributed by atoms with Crippen LogP contribution in [0.25, 0.3) is 0 Å². The maximum Gasteiger partial charge on any atom is 0.410 e. The molecule has 3 rings (SSSR count). The number of nitrogens with zero attached hydrogens (tertiary/aromatic N) is 5. The molecule has 2 aromatic rings. The molecule has 0 unspecified atom stereocenters. The molecule has 34 heavy (non-hydrogen) atoms. The van der Waals surface area contributed by atoms with E-state index in [0.717, 1.165) is 21.4 Å². The predicted molar refractivity (Wildman–Crippen MR) is 132 cm³/mol. The standard InChI is InChI=1S/C24H34BrN5O4/c1-24(2,3)34-22(31)28(5)12-11-27(4)15-19-21(25)20-16-29(13-14-30(20)26-19)23(32)33-17-18-9-7-6-8-10-18/h6-10H,11-17H2,1-5H3. The van der Waals surface area contributed by atoms with E-state index in [4.69, 9.17) is 14.6 Å². The Morgan fingerprint density at radius 2 is 1.82 bits per heavy atom. The quantitative estimate of drug-likeness (QED) is 0.531. The van der Waals surface area contributed by atoms with Gasteiger partial charge in [-0.2, -0.15) is 5.10 Å². The number of hydrogen-bond acceptors (Lipinski definition) is 6. The molecule has 0 fully saturated rings. The van der Waals surface area contributed by atoms with Crippen molar-refractivity contribution in [2.45, 2.75) is 52.6 Å². The summed E-state index contributed by atoms with van der Waals surface area (Å²) in [7, 11) is 3.72. The van der Waals surface area contributed by atoms with E-state index in [1.807, 2.05) is 62.8 Å². The molecule has 2 heterocycles. The lowest BCUT2D eigenvalue weighted by molar-refractivity contribution is 0.0286. The van der Waals surface area contributed by atoms with Crippen LogP contribution in [0.3, 0.4) is 0 Å². The van der Waals surface area contributed by atoms with Gasteiger partial charge in [0.15, 0.2) is 0 Å². The van der Waals surface area contributed by atoms with Gasteiger partial charge in [0.25, 0.3) is 0 Å². The highest BCUT2D eigenvalue weighted by Crippen LogP contribution is 2.27. The third-order valence-corrected chi connectivity index (χ3v) is 6.30. The summed E-state index contributed by atoms with van der Waals surface area (Å²) in [6, 6.07) is 9.65. The molecule has 9 nitrogen and oxygen atoms in total. The number of aromatic nitrogens is 2. The van der Waals surface area contributed by atoms with E-state index in [9.17, 15) is 9.59 Å². The number of amides is 2. The number of rotatable bonds is 7. The van der Waals surface area contributed by atoms with Crippen LogP contribution in [0, 0.1) is 0 Å². The van der Waals surface area contributed by atoms with Gasteiger partial charge in [0.05, 0.1) is 29.0 Å². The fourth-order valence-electron chi connectivity index (χ4n) is 3.50. The molecule has 0 spiro atoms. The summed E-state index contributed by atoms with van der Waals surface area (Å²) in [6.45, 7) is 9.23. The Morgan fingerprint density at radius 3 is 2.50 bits per heavy atom. The second-order valence-corrected chi connectivity index (χ2v) is 10.3. The van der Waals surface area contributed by atoms with Gasteiger partial charge in [-0.05, 0) is 49.3 Å². The lowest BCUT2D eigenvalue weighted by Crippen LogP contribution is -2.38. The van der Waals surface area contributed by atoms with Crippen LogP contribution in [-0.4, -0.2) is 76.0 Å². The Bertz CT molecular complexity index is 989. The van der Waals surface area contributed by atoms with Crippen LogP contribution in [0.5, 0.6) is 0 Å². The summed E-state index contributed by atoms with van der Waals surface area (Å²) < 4.78 is 13.7. The number of ether oxygens (including phenoxy) is 2. The van der Waals surface area contributed by atoms with Crippen molar-refractivity contribution in [1.82, 2.24) is 24.5 Å². The van der Waals surface area contributed by atoms with Crippen LogP contribution in [0.2, 0.25) is 0 Å². The molecule has 0 atom stereocenters. The van der Waals surface area contributed by atoms with Crippen LogP contribution < -0.4 is 0 Å². The molecule has 0 bridgehead atoms. The van der Waals surface area contributed by atoms with Crippen molar-refractivity contribution in [3.63, 3.8) is 0 Å². The number of carbonyl (C=O) groups is 2. The highest BCUT2D eigenvalue weighted by atomic mass is 79.9.